The normalized spacial score (nSPS) is 22.2. The van der Waals surface area contributed by atoms with Crippen molar-refractivity contribution in [3.05, 3.63) is 70.8 Å². The number of rotatable bonds is 5. The second kappa shape index (κ2) is 8.87. The van der Waals surface area contributed by atoms with Crippen molar-refractivity contribution in [2.75, 3.05) is 19.6 Å². The Kier molecular flexibility index (Phi) is 5.79. The maximum absolute atomic E-state index is 12.9. The highest BCUT2D eigenvalue weighted by Crippen LogP contribution is 2.33. The van der Waals surface area contributed by atoms with Crippen LogP contribution in [0.2, 0.25) is 0 Å². The van der Waals surface area contributed by atoms with Crippen LogP contribution in [0.15, 0.2) is 48.5 Å². The maximum atomic E-state index is 12.9. The summed E-state index contributed by atoms with van der Waals surface area (Å²) in [6.07, 6.45) is 4.02. The molecule has 5 rings (SSSR count). The molecule has 2 aromatic carbocycles. The Labute approximate surface area is 188 Å². The molecule has 1 atom stereocenters. The van der Waals surface area contributed by atoms with Crippen molar-refractivity contribution in [2.45, 2.75) is 50.6 Å². The Bertz CT molecular complexity index is 1030. The molecule has 3 aliphatic rings. The molecule has 3 aliphatic heterocycles. The van der Waals surface area contributed by atoms with E-state index in [2.05, 4.69) is 52.7 Å². The number of carbonyl (C=O) groups is 3. The van der Waals surface area contributed by atoms with Crippen molar-refractivity contribution in [3.8, 4) is 0 Å². The third-order valence-electron chi connectivity index (χ3n) is 7.17. The molecular formula is C26H29N3O3. The predicted molar refractivity (Wildman–Crippen MR) is 121 cm³/mol. The maximum Gasteiger partial charge on any atom is 0.255 e. The van der Waals surface area contributed by atoms with Crippen LogP contribution in [0, 0.1) is 0 Å². The lowest BCUT2D eigenvalue weighted by molar-refractivity contribution is -0.136. The second-order valence-electron chi connectivity index (χ2n) is 9.17. The van der Waals surface area contributed by atoms with Gasteiger partial charge in [-0.3, -0.25) is 19.7 Å². The molecule has 3 heterocycles. The van der Waals surface area contributed by atoms with E-state index in [1.807, 2.05) is 6.07 Å². The average molecular weight is 432 g/mol. The fraction of sp³-hybridized carbons (Fsp3) is 0.423. The smallest absolute Gasteiger partial charge is 0.255 e. The SMILES string of the molecule is O=C1CCC(N2Cc3cc(C4CCN(CCc5ccccc5)CC4)ccc3C2=O)C(=O)N1. The molecule has 6 nitrogen and oxygen atoms in total. The quantitative estimate of drug-likeness (QED) is 0.739. The monoisotopic (exact) mass is 431 g/mol. The number of likely N-dealkylation sites (tertiary alicyclic amines) is 1. The number of hydrogen-bond acceptors (Lipinski definition) is 4. The van der Waals surface area contributed by atoms with E-state index in [0.29, 0.717) is 24.4 Å². The molecule has 166 valence electrons. The number of carbonyl (C=O) groups excluding carboxylic acids is 3. The van der Waals surface area contributed by atoms with Gasteiger partial charge in [0.25, 0.3) is 5.91 Å². The zero-order valence-corrected chi connectivity index (χ0v) is 18.3. The molecule has 2 fully saturated rings. The highest BCUT2D eigenvalue weighted by atomic mass is 16.2. The van der Waals surface area contributed by atoms with Crippen molar-refractivity contribution >= 4 is 17.7 Å². The first-order valence-corrected chi connectivity index (χ1v) is 11.6. The van der Waals surface area contributed by atoms with Gasteiger partial charge in [-0.05, 0) is 67.4 Å². The van der Waals surface area contributed by atoms with Crippen molar-refractivity contribution in [3.63, 3.8) is 0 Å². The van der Waals surface area contributed by atoms with Crippen LogP contribution in [-0.2, 0) is 22.6 Å². The number of hydrogen-bond donors (Lipinski definition) is 1. The van der Waals surface area contributed by atoms with E-state index in [-0.39, 0.29) is 24.1 Å². The fourth-order valence-corrected chi connectivity index (χ4v) is 5.27. The predicted octanol–water partition coefficient (Wildman–Crippen LogP) is 2.87. The van der Waals surface area contributed by atoms with Crippen LogP contribution in [0.5, 0.6) is 0 Å². The van der Waals surface area contributed by atoms with Gasteiger partial charge in [0.05, 0.1) is 0 Å². The average Bonchev–Trinajstić information content (AvgIpc) is 3.14. The number of amides is 3. The Hall–Kier alpha value is -2.99. The van der Waals surface area contributed by atoms with E-state index in [4.69, 9.17) is 0 Å². The molecule has 3 amide bonds. The van der Waals surface area contributed by atoms with Gasteiger partial charge >= 0.3 is 0 Å². The minimum atomic E-state index is -0.552. The van der Waals surface area contributed by atoms with Crippen LogP contribution < -0.4 is 5.32 Å². The summed E-state index contributed by atoms with van der Waals surface area (Å²) in [4.78, 5) is 40.8. The first-order valence-electron chi connectivity index (χ1n) is 11.6. The Morgan fingerprint density at radius 2 is 1.72 bits per heavy atom. The molecule has 2 aromatic rings. The van der Waals surface area contributed by atoms with E-state index in [1.54, 1.807) is 4.90 Å². The first-order chi connectivity index (χ1) is 15.6. The highest BCUT2D eigenvalue weighted by Gasteiger charge is 2.39. The number of benzene rings is 2. The molecule has 0 saturated carbocycles. The van der Waals surface area contributed by atoms with Crippen LogP contribution in [0.3, 0.4) is 0 Å². The van der Waals surface area contributed by atoms with Crippen molar-refractivity contribution in [2.24, 2.45) is 0 Å². The van der Waals surface area contributed by atoms with Gasteiger partial charge in [0.2, 0.25) is 11.8 Å². The summed E-state index contributed by atoms with van der Waals surface area (Å²) in [6.45, 7) is 3.73. The number of nitrogens with one attached hydrogen (secondary N) is 1. The van der Waals surface area contributed by atoms with Gasteiger partial charge in [-0.25, -0.2) is 0 Å². The Balaban J connectivity index is 1.19. The molecule has 6 heteroatoms. The van der Waals surface area contributed by atoms with E-state index in [1.165, 1.54) is 11.1 Å². The molecule has 1 unspecified atom stereocenters. The minimum absolute atomic E-state index is 0.100. The zero-order chi connectivity index (χ0) is 22.1. The molecular weight excluding hydrogens is 402 g/mol. The van der Waals surface area contributed by atoms with Crippen molar-refractivity contribution in [1.82, 2.24) is 15.1 Å². The summed E-state index contributed by atoms with van der Waals surface area (Å²) in [5.74, 6) is -0.205. The van der Waals surface area contributed by atoms with Gasteiger partial charge in [-0.15, -0.1) is 0 Å². The van der Waals surface area contributed by atoms with E-state index < -0.39 is 6.04 Å². The van der Waals surface area contributed by atoms with Crippen LogP contribution in [0.1, 0.15) is 58.6 Å². The lowest BCUT2D eigenvalue weighted by Crippen LogP contribution is -2.52. The molecule has 2 saturated heterocycles. The summed E-state index contributed by atoms with van der Waals surface area (Å²) < 4.78 is 0. The van der Waals surface area contributed by atoms with Crippen LogP contribution in [-0.4, -0.2) is 53.2 Å². The summed E-state index contributed by atoms with van der Waals surface area (Å²) in [6, 6.07) is 16.3. The number of fused-ring (bicyclic) bond motifs is 1. The summed E-state index contributed by atoms with van der Waals surface area (Å²) in [5.41, 5.74) is 4.38. The summed E-state index contributed by atoms with van der Waals surface area (Å²) in [7, 11) is 0. The standard InChI is InChI=1S/C26H29N3O3/c30-24-9-8-23(25(31)27-24)29-17-21-16-20(6-7-22(21)26(29)32)19-11-14-28(15-12-19)13-10-18-4-2-1-3-5-18/h1-7,16,19,23H,8-15,17H2,(H,27,30,31). The van der Waals surface area contributed by atoms with Gasteiger partial charge in [-0.2, -0.15) is 0 Å². The minimum Gasteiger partial charge on any atom is -0.322 e. The Morgan fingerprint density at radius 1 is 0.938 bits per heavy atom. The summed E-state index contributed by atoms with van der Waals surface area (Å²) in [5, 5.41) is 2.37. The fourth-order valence-electron chi connectivity index (χ4n) is 5.27. The van der Waals surface area contributed by atoms with Crippen molar-refractivity contribution in [1.29, 1.82) is 0 Å². The molecule has 0 aromatic heterocycles. The molecule has 0 bridgehead atoms. The van der Waals surface area contributed by atoms with Crippen molar-refractivity contribution < 1.29 is 14.4 Å². The Morgan fingerprint density at radius 3 is 2.47 bits per heavy atom. The second-order valence-corrected chi connectivity index (χ2v) is 9.17. The van der Waals surface area contributed by atoms with Crippen LogP contribution in [0.25, 0.3) is 0 Å². The lowest BCUT2D eigenvalue weighted by Gasteiger charge is -2.32. The first kappa shape index (κ1) is 20.9. The molecule has 0 aliphatic carbocycles. The van der Waals surface area contributed by atoms with Crippen LogP contribution >= 0.6 is 0 Å². The molecule has 0 spiro atoms. The summed E-state index contributed by atoms with van der Waals surface area (Å²) >= 11 is 0. The number of piperidine rings is 2. The van der Waals surface area contributed by atoms with Gasteiger partial charge in [0.1, 0.15) is 6.04 Å². The number of imide groups is 1. The number of nitrogens with zero attached hydrogens (tertiary/aromatic N) is 2. The third kappa shape index (κ3) is 4.19. The topological polar surface area (TPSA) is 69.7 Å². The van der Waals surface area contributed by atoms with Crippen LogP contribution in [0.4, 0.5) is 0 Å². The van der Waals surface area contributed by atoms with E-state index >= 15 is 0 Å². The van der Waals surface area contributed by atoms with Gasteiger partial charge < -0.3 is 9.80 Å². The third-order valence-corrected chi connectivity index (χ3v) is 7.17. The molecule has 0 radical (unpaired) electrons. The molecule has 1 N–H and O–H groups in total. The van der Waals surface area contributed by atoms with Gasteiger partial charge in [-0.1, -0.05) is 42.5 Å². The largest absolute Gasteiger partial charge is 0.322 e. The lowest BCUT2D eigenvalue weighted by atomic mass is 9.88. The zero-order valence-electron chi connectivity index (χ0n) is 18.3. The molecule has 32 heavy (non-hydrogen) atoms. The highest BCUT2D eigenvalue weighted by molar-refractivity contribution is 6.05. The van der Waals surface area contributed by atoms with E-state index in [0.717, 1.165) is 44.5 Å². The van der Waals surface area contributed by atoms with Gasteiger partial charge in [0, 0.05) is 25.1 Å². The van der Waals surface area contributed by atoms with Gasteiger partial charge in [0.15, 0.2) is 0 Å². The van der Waals surface area contributed by atoms with E-state index in [9.17, 15) is 14.4 Å².